The molecule has 0 spiro atoms. The van der Waals surface area contributed by atoms with Crippen LogP contribution in [0.4, 0.5) is 0 Å². The number of hydrogen-bond acceptors (Lipinski definition) is 5. The normalized spacial score (nSPS) is 10.5. The highest BCUT2D eigenvalue weighted by Crippen LogP contribution is 1.94. The molecule has 0 aromatic carbocycles. The molecule has 6 nitrogen and oxygen atoms in total. The third kappa shape index (κ3) is 5.69. The first-order valence-corrected chi connectivity index (χ1v) is 6.15. The van der Waals surface area contributed by atoms with Crippen LogP contribution in [0.2, 0.25) is 0 Å². The van der Waals surface area contributed by atoms with Crippen LogP contribution in [0.25, 0.3) is 0 Å². The van der Waals surface area contributed by atoms with Gasteiger partial charge in [0.25, 0.3) is 0 Å². The molecule has 0 saturated heterocycles. The van der Waals surface area contributed by atoms with Crippen molar-refractivity contribution >= 4 is 18.5 Å². The fraction of sp³-hybridized carbons (Fsp3) is 0.700. The number of methoxy groups -OCH3 is 1. The van der Waals surface area contributed by atoms with E-state index < -0.39 is 0 Å². The van der Waals surface area contributed by atoms with Crippen molar-refractivity contribution in [2.24, 2.45) is 0 Å². The molecule has 1 N–H and O–H groups in total. The molecule has 1 amide bonds. The van der Waals surface area contributed by atoms with Crippen LogP contribution in [0.15, 0.2) is 6.20 Å². The maximum absolute atomic E-state index is 11.3. The maximum atomic E-state index is 11.3. The van der Waals surface area contributed by atoms with Crippen molar-refractivity contribution in [1.29, 1.82) is 0 Å². The first-order chi connectivity index (χ1) is 8.26. The SMILES string of the molecule is COCc1cn(CCNC(=O)CCCS)nn1. The minimum absolute atomic E-state index is 0.0521. The number of carbonyl (C=O) groups excluding carboxylic acids is 1. The van der Waals surface area contributed by atoms with Crippen molar-refractivity contribution in [3.8, 4) is 0 Å². The van der Waals surface area contributed by atoms with E-state index in [1.54, 1.807) is 11.8 Å². The second-order valence-corrected chi connectivity index (χ2v) is 4.03. The number of aromatic nitrogens is 3. The Morgan fingerprint density at radius 2 is 2.47 bits per heavy atom. The van der Waals surface area contributed by atoms with Gasteiger partial charge in [0, 0.05) is 20.1 Å². The van der Waals surface area contributed by atoms with Gasteiger partial charge in [-0.15, -0.1) is 5.10 Å². The van der Waals surface area contributed by atoms with Gasteiger partial charge in [0.2, 0.25) is 5.91 Å². The molecule has 1 aromatic rings. The van der Waals surface area contributed by atoms with Gasteiger partial charge >= 0.3 is 0 Å². The minimum Gasteiger partial charge on any atom is -0.378 e. The van der Waals surface area contributed by atoms with Crippen LogP contribution in [-0.4, -0.2) is 40.3 Å². The molecule has 0 radical (unpaired) electrons. The van der Waals surface area contributed by atoms with Gasteiger partial charge in [0.1, 0.15) is 5.69 Å². The van der Waals surface area contributed by atoms with Crippen LogP contribution < -0.4 is 5.32 Å². The minimum atomic E-state index is 0.0521. The lowest BCUT2D eigenvalue weighted by atomic mass is 10.3. The van der Waals surface area contributed by atoms with E-state index in [9.17, 15) is 4.79 Å². The molecule has 17 heavy (non-hydrogen) atoms. The molecule has 96 valence electrons. The summed E-state index contributed by atoms with van der Waals surface area (Å²) in [5, 5.41) is 10.6. The Hall–Kier alpha value is -1.08. The Morgan fingerprint density at radius 1 is 1.65 bits per heavy atom. The van der Waals surface area contributed by atoms with Gasteiger partial charge in [-0.3, -0.25) is 9.48 Å². The molecule has 0 bridgehead atoms. The van der Waals surface area contributed by atoms with Gasteiger partial charge in [-0.25, -0.2) is 0 Å². The molecule has 0 saturated carbocycles. The number of nitrogens with zero attached hydrogens (tertiary/aromatic N) is 3. The van der Waals surface area contributed by atoms with E-state index >= 15 is 0 Å². The molecule has 0 aliphatic carbocycles. The number of amides is 1. The predicted octanol–water partition coefficient (Wildman–Crippen LogP) is 0.251. The molecule has 0 unspecified atom stereocenters. The van der Waals surface area contributed by atoms with E-state index in [4.69, 9.17) is 4.74 Å². The number of hydrogen-bond donors (Lipinski definition) is 2. The van der Waals surface area contributed by atoms with Crippen molar-refractivity contribution in [3.05, 3.63) is 11.9 Å². The summed E-state index contributed by atoms with van der Waals surface area (Å²) in [6.07, 6.45) is 3.13. The molecule has 7 heteroatoms. The lowest BCUT2D eigenvalue weighted by Crippen LogP contribution is -2.27. The lowest BCUT2D eigenvalue weighted by molar-refractivity contribution is -0.121. The summed E-state index contributed by atoms with van der Waals surface area (Å²) >= 11 is 4.05. The van der Waals surface area contributed by atoms with Gasteiger partial charge in [-0.2, -0.15) is 12.6 Å². The number of thiol groups is 1. The average Bonchev–Trinajstić information content (AvgIpc) is 2.75. The number of rotatable bonds is 8. The van der Waals surface area contributed by atoms with Crippen molar-refractivity contribution in [2.75, 3.05) is 19.4 Å². The Bertz CT molecular complexity index is 343. The Labute approximate surface area is 106 Å². The zero-order valence-corrected chi connectivity index (χ0v) is 10.8. The van der Waals surface area contributed by atoms with E-state index in [0.717, 1.165) is 17.9 Å². The van der Waals surface area contributed by atoms with E-state index in [-0.39, 0.29) is 5.91 Å². The third-order valence-corrected chi connectivity index (χ3v) is 2.42. The topological polar surface area (TPSA) is 69.0 Å². The average molecular weight is 258 g/mol. The maximum Gasteiger partial charge on any atom is 0.220 e. The van der Waals surface area contributed by atoms with Crippen LogP contribution in [0.1, 0.15) is 18.5 Å². The van der Waals surface area contributed by atoms with Gasteiger partial charge in [-0.05, 0) is 12.2 Å². The fourth-order valence-corrected chi connectivity index (χ4v) is 1.46. The summed E-state index contributed by atoms with van der Waals surface area (Å²) in [6, 6.07) is 0. The highest BCUT2D eigenvalue weighted by molar-refractivity contribution is 7.80. The third-order valence-electron chi connectivity index (χ3n) is 2.10. The van der Waals surface area contributed by atoms with Crippen molar-refractivity contribution < 1.29 is 9.53 Å². The van der Waals surface area contributed by atoms with Crippen LogP contribution in [0.3, 0.4) is 0 Å². The molecule has 1 heterocycles. The van der Waals surface area contributed by atoms with Gasteiger partial charge in [-0.1, -0.05) is 5.21 Å². The highest BCUT2D eigenvalue weighted by atomic mass is 32.1. The Balaban J connectivity index is 2.19. The van der Waals surface area contributed by atoms with Crippen molar-refractivity contribution in [3.63, 3.8) is 0 Å². The molecule has 0 atom stereocenters. The first kappa shape index (κ1) is 14.0. The second-order valence-electron chi connectivity index (χ2n) is 3.58. The van der Waals surface area contributed by atoms with E-state index in [1.165, 1.54) is 0 Å². The molecule has 1 rings (SSSR count). The van der Waals surface area contributed by atoms with Gasteiger partial charge < -0.3 is 10.1 Å². The van der Waals surface area contributed by atoms with E-state index in [1.807, 2.05) is 6.20 Å². The first-order valence-electron chi connectivity index (χ1n) is 5.51. The summed E-state index contributed by atoms with van der Waals surface area (Å²) in [5.41, 5.74) is 0.786. The monoisotopic (exact) mass is 258 g/mol. The van der Waals surface area contributed by atoms with Crippen molar-refractivity contribution in [2.45, 2.75) is 26.0 Å². The quantitative estimate of drug-likeness (QED) is 0.656. The largest absolute Gasteiger partial charge is 0.378 e. The number of nitrogens with one attached hydrogen (secondary N) is 1. The summed E-state index contributed by atoms with van der Waals surface area (Å²) < 4.78 is 6.62. The zero-order chi connectivity index (χ0) is 12.5. The summed E-state index contributed by atoms with van der Waals surface area (Å²) in [4.78, 5) is 11.3. The Kier molecular flexibility index (Phi) is 6.64. The zero-order valence-electron chi connectivity index (χ0n) is 9.93. The Morgan fingerprint density at radius 3 is 3.18 bits per heavy atom. The van der Waals surface area contributed by atoms with E-state index in [2.05, 4.69) is 28.3 Å². The standard InChI is InChI=1S/C10H18N4O2S/c1-16-8-9-7-14(13-12-9)5-4-11-10(15)3-2-6-17/h7,17H,2-6,8H2,1H3,(H,11,15). The van der Waals surface area contributed by atoms with E-state index in [0.29, 0.717) is 26.1 Å². The van der Waals surface area contributed by atoms with Crippen LogP contribution in [0.5, 0.6) is 0 Å². The number of ether oxygens (including phenoxy) is 1. The van der Waals surface area contributed by atoms with Crippen LogP contribution in [0, 0.1) is 0 Å². The molecule has 1 aromatic heterocycles. The fourth-order valence-electron chi connectivity index (χ4n) is 1.30. The van der Waals surface area contributed by atoms with Gasteiger partial charge in [0.05, 0.1) is 19.3 Å². The van der Waals surface area contributed by atoms with Crippen molar-refractivity contribution in [1.82, 2.24) is 20.3 Å². The molecule has 0 fully saturated rings. The summed E-state index contributed by atoms with van der Waals surface area (Å²) in [6.45, 7) is 1.62. The summed E-state index contributed by atoms with van der Waals surface area (Å²) in [5.74, 6) is 0.785. The second kappa shape index (κ2) is 8.08. The van der Waals surface area contributed by atoms with Crippen LogP contribution >= 0.6 is 12.6 Å². The molecular weight excluding hydrogens is 240 g/mol. The smallest absolute Gasteiger partial charge is 0.220 e. The molecule has 0 aliphatic rings. The van der Waals surface area contributed by atoms with Crippen LogP contribution in [-0.2, 0) is 22.7 Å². The molecule has 0 aliphatic heterocycles. The molecular formula is C10H18N4O2S. The number of carbonyl (C=O) groups is 1. The predicted molar refractivity (Wildman–Crippen MR) is 66.8 cm³/mol. The lowest BCUT2D eigenvalue weighted by Gasteiger charge is -2.03. The highest BCUT2D eigenvalue weighted by Gasteiger charge is 2.02. The van der Waals surface area contributed by atoms with Gasteiger partial charge in [0.15, 0.2) is 0 Å². The summed E-state index contributed by atoms with van der Waals surface area (Å²) in [7, 11) is 1.61.